The van der Waals surface area contributed by atoms with E-state index in [0.717, 1.165) is 43.9 Å². The Morgan fingerprint density at radius 2 is 1.75 bits per heavy atom. The number of aryl methyl sites for hydroxylation is 1. The van der Waals surface area contributed by atoms with E-state index in [2.05, 4.69) is 84.3 Å². The summed E-state index contributed by atoms with van der Waals surface area (Å²) in [5.41, 5.74) is 8.77. The Morgan fingerprint density at radius 3 is 2.59 bits per heavy atom. The highest BCUT2D eigenvalue weighted by Crippen LogP contribution is 2.25. The number of nitrogens with one attached hydrogen (secondary N) is 3. The number of allylic oxidation sites excluding steroid dienone is 2. The van der Waals surface area contributed by atoms with Crippen LogP contribution in [0, 0.1) is 6.92 Å². The van der Waals surface area contributed by atoms with Crippen LogP contribution in [0.1, 0.15) is 16.7 Å². The Morgan fingerprint density at radius 1 is 0.969 bits per heavy atom. The van der Waals surface area contributed by atoms with Gasteiger partial charge in [0.1, 0.15) is 0 Å². The second-order valence-electron chi connectivity index (χ2n) is 7.90. The molecular formula is C24H26N8. The van der Waals surface area contributed by atoms with Crippen LogP contribution in [-0.4, -0.2) is 47.3 Å². The van der Waals surface area contributed by atoms with Crippen molar-refractivity contribution < 1.29 is 0 Å². The zero-order chi connectivity index (χ0) is 21.8. The van der Waals surface area contributed by atoms with Crippen molar-refractivity contribution in [1.29, 1.82) is 0 Å². The standard InChI is InChI=1S/C24H26N8/c1-17-6-10-20(11-7-17)27-22-28-23(30-24(29-22)32-14-12-25-13-15-32)31-26-16-19-9-8-18-4-2-3-5-21(18)19/h2-7,9-11,16,25H,8,12-15H2,1H3,(H2,27,28,29,30,31)/b26-16+. The van der Waals surface area contributed by atoms with Gasteiger partial charge in [0.05, 0.1) is 6.21 Å². The van der Waals surface area contributed by atoms with Gasteiger partial charge in [-0.3, -0.25) is 0 Å². The summed E-state index contributed by atoms with van der Waals surface area (Å²) in [5.74, 6) is 1.53. The summed E-state index contributed by atoms with van der Waals surface area (Å²) >= 11 is 0. The maximum absolute atomic E-state index is 4.65. The van der Waals surface area contributed by atoms with E-state index in [4.69, 9.17) is 0 Å². The maximum atomic E-state index is 4.65. The molecule has 0 bridgehead atoms. The normalized spacial score (nSPS) is 15.5. The maximum Gasteiger partial charge on any atom is 0.250 e. The predicted octanol–water partition coefficient (Wildman–Crippen LogP) is 3.37. The van der Waals surface area contributed by atoms with Crippen molar-refractivity contribution >= 4 is 35.3 Å². The van der Waals surface area contributed by atoms with Crippen LogP contribution < -0.4 is 21.0 Å². The monoisotopic (exact) mass is 426 g/mol. The number of hydrazone groups is 1. The summed E-state index contributed by atoms with van der Waals surface area (Å²) in [5, 5.41) is 11.1. The molecule has 0 amide bonds. The Labute approximate surface area is 187 Å². The van der Waals surface area contributed by atoms with Crippen molar-refractivity contribution in [3.63, 3.8) is 0 Å². The van der Waals surface area contributed by atoms with Gasteiger partial charge >= 0.3 is 0 Å². The van der Waals surface area contributed by atoms with Gasteiger partial charge in [0, 0.05) is 31.9 Å². The largest absolute Gasteiger partial charge is 0.338 e. The van der Waals surface area contributed by atoms with Crippen molar-refractivity contribution in [3.05, 3.63) is 71.3 Å². The number of rotatable bonds is 6. The van der Waals surface area contributed by atoms with Gasteiger partial charge in [-0.15, -0.1) is 0 Å². The lowest BCUT2D eigenvalue weighted by molar-refractivity contribution is 0.579. The minimum absolute atomic E-state index is 0.409. The summed E-state index contributed by atoms with van der Waals surface area (Å²) < 4.78 is 0. The molecule has 2 aliphatic rings. The lowest BCUT2D eigenvalue weighted by atomic mass is 10.1. The summed E-state index contributed by atoms with van der Waals surface area (Å²) in [4.78, 5) is 16.0. The highest BCUT2D eigenvalue weighted by molar-refractivity contribution is 6.11. The lowest BCUT2D eigenvalue weighted by Crippen LogP contribution is -2.44. The third kappa shape index (κ3) is 4.60. The van der Waals surface area contributed by atoms with Crippen LogP contribution in [0.15, 0.2) is 59.7 Å². The second kappa shape index (κ2) is 9.15. The number of anilines is 4. The molecule has 2 aromatic carbocycles. The topological polar surface area (TPSA) is 90.4 Å². The Bertz CT molecular complexity index is 1150. The molecule has 2 heterocycles. The molecule has 1 aliphatic heterocycles. The molecule has 162 valence electrons. The van der Waals surface area contributed by atoms with Crippen molar-refractivity contribution in [2.75, 3.05) is 41.8 Å². The summed E-state index contributed by atoms with van der Waals surface area (Å²) in [7, 11) is 0. The average Bonchev–Trinajstić information content (AvgIpc) is 3.24. The number of piperazine rings is 1. The number of hydrogen-bond acceptors (Lipinski definition) is 8. The number of hydrogen-bond donors (Lipinski definition) is 3. The van der Waals surface area contributed by atoms with E-state index >= 15 is 0 Å². The molecule has 3 aromatic rings. The van der Waals surface area contributed by atoms with Crippen LogP contribution in [0.25, 0.3) is 5.57 Å². The molecule has 8 nitrogen and oxygen atoms in total. The molecule has 8 heteroatoms. The molecule has 0 spiro atoms. The molecule has 1 saturated heterocycles. The molecule has 5 rings (SSSR count). The first-order valence-electron chi connectivity index (χ1n) is 10.9. The molecule has 3 N–H and O–H groups in total. The SMILES string of the molecule is Cc1ccc(Nc2nc(N/N=C/C3=CCc4ccccc43)nc(N3CCNCC3)n2)cc1. The Hall–Kier alpha value is -3.78. The number of benzene rings is 2. The fourth-order valence-electron chi connectivity index (χ4n) is 3.83. The molecule has 1 aliphatic carbocycles. The second-order valence-corrected chi connectivity index (χ2v) is 7.90. The fraction of sp³-hybridized carbons (Fsp3) is 0.250. The van der Waals surface area contributed by atoms with Crippen molar-refractivity contribution in [1.82, 2.24) is 20.3 Å². The van der Waals surface area contributed by atoms with Crippen molar-refractivity contribution in [2.24, 2.45) is 5.10 Å². The first-order chi connectivity index (χ1) is 15.7. The zero-order valence-corrected chi connectivity index (χ0v) is 18.0. The van der Waals surface area contributed by atoms with Crippen LogP contribution in [0.4, 0.5) is 23.5 Å². The first kappa shape index (κ1) is 20.1. The number of aromatic nitrogens is 3. The lowest BCUT2D eigenvalue weighted by Gasteiger charge is -2.27. The highest BCUT2D eigenvalue weighted by Gasteiger charge is 2.16. The van der Waals surface area contributed by atoms with Gasteiger partial charge in [-0.1, -0.05) is 48.0 Å². The fourth-order valence-corrected chi connectivity index (χ4v) is 3.83. The summed E-state index contributed by atoms with van der Waals surface area (Å²) in [6.07, 6.45) is 4.94. The van der Waals surface area contributed by atoms with Crippen LogP contribution in [0.2, 0.25) is 0 Å². The summed E-state index contributed by atoms with van der Waals surface area (Å²) in [6.45, 7) is 5.57. The predicted molar refractivity (Wildman–Crippen MR) is 130 cm³/mol. The van der Waals surface area contributed by atoms with Gasteiger partial charge in [0.2, 0.25) is 17.8 Å². The van der Waals surface area contributed by atoms with E-state index in [0.29, 0.717) is 17.8 Å². The van der Waals surface area contributed by atoms with E-state index in [1.165, 1.54) is 16.7 Å². The van der Waals surface area contributed by atoms with E-state index in [-0.39, 0.29) is 0 Å². The third-order valence-electron chi connectivity index (χ3n) is 5.57. The molecule has 0 saturated carbocycles. The average molecular weight is 427 g/mol. The van der Waals surface area contributed by atoms with Gasteiger partial charge in [0.25, 0.3) is 0 Å². The molecule has 0 atom stereocenters. The smallest absolute Gasteiger partial charge is 0.250 e. The van der Waals surface area contributed by atoms with Gasteiger partial charge in [-0.25, -0.2) is 5.43 Å². The van der Waals surface area contributed by atoms with Crippen LogP contribution in [0.5, 0.6) is 0 Å². The van der Waals surface area contributed by atoms with Gasteiger partial charge in [-0.2, -0.15) is 20.1 Å². The van der Waals surface area contributed by atoms with Crippen LogP contribution in [-0.2, 0) is 6.42 Å². The number of nitrogens with zero attached hydrogens (tertiary/aromatic N) is 5. The van der Waals surface area contributed by atoms with E-state index in [1.54, 1.807) is 0 Å². The molecule has 32 heavy (non-hydrogen) atoms. The minimum Gasteiger partial charge on any atom is -0.338 e. The van der Waals surface area contributed by atoms with E-state index in [9.17, 15) is 0 Å². The Kier molecular flexibility index (Phi) is 5.76. The van der Waals surface area contributed by atoms with E-state index in [1.807, 2.05) is 24.4 Å². The molecular weight excluding hydrogens is 400 g/mol. The van der Waals surface area contributed by atoms with E-state index < -0.39 is 0 Å². The summed E-state index contributed by atoms with van der Waals surface area (Å²) in [6, 6.07) is 16.5. The quantitative estimate of drug-likeness (QED) is 0.411. The Balaban J connectivity index is 1.37. The minimum atomic E-state index is 0.409. The zero-order valence-electron chi connectivity index (χ0n) is 18.0. The molecule has 0 radical (unpaired) electrons. The number of fused-ring (bicyclic) bond motifs is 1. The third-order valence-corrected chi connectivity index (χ3v) is 5.57. The molecule has 1 aromatic heterocycles. The van der Waals surface area contributed by atoms with Gasteiger partial charge in [0.15, 0.2) is 0 Å². The van der Waals surface area contributed by atoms with Crippen molar-refractivity contribution in [3.8, 4) is 0 Å². The van der Waals surface area contributed by atoms with Gasteiger partial charge in [-0.05, 0) is 42.2 Å². The highest BCUT2D eigenvalue weighted by atomic mass is 15.4. The van der Waals surface area contributed by atoms with Crippen LogP contribution >= 0.6 is 0 Å². The van der Waals surface area contributed by atoms with Crippen molar-refractivity contribution in [2.45, 2.75) is 13.3 Å². The first-order valence-corrected chi connectivity index (χ1v) is 10.9. The molecule has 1 fully saturated rings. The van der Waals surface area contributed by atoms with Crippen LogP contribution in [0.3, 0.4) is 0 Å². The molecule has 0 unspecified atom stereocenters. The van der Waals surface area contributed by atoms with Gasteiger partial charge < -0.3 is 15.5 Å².